The minimum Gasteiger partial charge on any atom is -0.394 e. The van der Waals surface area contributed by atoms with Crippen molar-refractivity contribution in [3.63, 3.8) is 0 Å². The normalized spacial score (nSPS) is 13.7. The van der Waals surface area contributed by atoms with Gasteiger partial charge in [-0.25, -0.2) is 4.39 Å². The van der Waals surface area contributed by atoms with Crippen molar-refractivity contribution in [2.45, 2.75) is 25.2 Å². The van der Waals surface area contributed by atoms with E-state index in [4.69, 9.17) is 14.6 Å². The van der Waals surface area contributed by atoms with Crippen molar-refractivity contribution in [1.29, 1.82) is 0 Å². The number of alkyl halides is 1. The first-order chi connectivity index (χ1) is 12.7. The van der Waals surface area contributed by atoms with Gasteiger partial charge in [0.05, 0.1) is 38.6 Å². The molecule has 2 unspecified atom stereocenters. The van der Waals surface area contributed by atoms with E-state index in [1.54, 1.807) is 6.92 Å². The lowest BCUT2D eigenvalue weighted by atomic mass is 9.98. The van der Waals surface area contributed by atoms with Gasteiger partial charge in [0.25, 0.3) is 0 Å². The molecule has 5 heteroatoms. The third-order valence-electron chi connectivity index (χ3n) is 4.14. The Kier molecular flexibility index (Phi) is 9.28. The van der Waals surface area contributed by atoms with E-state index in [0.717, 1.165) is 11.1 Å². The molecule has 2 N–H and O–H groups in total. The first-order valence-corrected chi connectivity index (χ1v) is 9.00. The number of ether oxygens (including phenoxy) is 2. The lowest BCUT2D eigenvalue weighted by Gasteiger charge is -2.23. The second kappa shape index (κ2) is 11.8. The van der Waals surface area contributed by atoms with Gasteiger partial charge in [-0.3, -0.25) is 0 Å². The standard InChI is InChI=1S/C21H28FNO3/c1-17(26-15-14-25-13-12-24)20(22)16-23-21(18-8-4-2-5-9-18)19-10-6-3-7-11-19/h2-11,17,20-21,23-24H,12-16H2,1H3. The number of aliphatic hydroxyl groups is 1. The summed E-state index contributed by atoms with van der Waals surface area (Å²) in [5.74, 6) is 0. The van der Waals surface area contributed by atoms with E-state index in [0.29, 0.717) is 13.2 Å². The Labute approximate surface area is 155 Å². The lowest BCUT2D eigenvalue weighted by molar-refractivity contribution is -0.0255. The molecule has 0 fully saturated rings. The molecule has 142 valence electrons. The molecule has 2 rings (SSSR count). The fourth-order valence-electron chi connectivity index (χ4n) is 2.68. The quantitative estimate of drug-likeness (QED) is 0.571. The predicted octanol–water partition coefficient (Wildman–Crippen LogP) is 3.12. The topological polar surface area (TPSA) is 50.7 Å². The van der Waals surface area contributed by atoms with Crippen LogP contribution in [0, 0.1) is 0 Å². The van der Waals surface area contributed by atoms with Crippen LogP contribution < -0.4 is 5.32 Å². The molecule has 0 radical (unpaired) electrons. The summed E-state index contributed by atoms with van der Waals surface area (Å²) in [5.41, 5.74) is 2.19. The second-order valence-electron chi connectivity index (χ2n) is 6.09. The van der Waals surface area contributed by atoms with Crippen molar-refractivity contribution < 1.29 is 19.0 Å². The molecule has 26 heavy (non-hydrogen) atoms. The maximum absolute atomic E-state index is 14.5. The first-order valence-electron chi connectivity index (χ1n) is 9.00. The van der Waals surface area contributed by atoms with Crippen LogP contribution in [0.25, 0.3) is 0 Å². The minimum absolute atomic E-state index is 0.0223. The zero-order valence-electron chi connectivity index (χ0n) is 15.2. The molecule has 0 aromatic heterocycles. The van der Waals surface area contributed by atoms with Crippen molar-refractivity contribution in [1.82, 2.24) is 5.32 Å². The van der Waals surface area contributed by atoms with Crippen LogP contribution in [0.15, 0.2) is 60.7 Å². The molecule has 0 bridgehead atoms. The molecule has 0 aliphatic heterocycles. The SMILES string of the molecule is CC(OCCOCCO)C(F)CNC(c1ccccc1)c1ccccc1. The van der Waals surface area contributed by atoms with Gasteiger partial charge in [0.1, 0.15) is 6.17 Å². The molecule has 0 amide bonds. The molecule has 0 saturated heterocycles. The van der Waals surface area contributed by atoms with E-state index < -0.39 is 12.3 Å². The smallest absolute Gasteiger partial charge is 0.138 e. The largest absolute Gasteiger partial charge is 0.394 e. The summed E-state index contributed by atoms with van der Waals surface area (Å²) in [6.45, 7) is 2.81. The van der Waals surface area contributed by atoms with Crippen LogP contribution >= 0.6 is 0 Å². The van der Waals surface area contributed by atoms with Gasteiger partial charge in [-0.15, -0.1) is 0 Å². The van der Waals surface area contributed by atoms with Crippen LogP contribution in [-0.4, -0.2) is 50.4 Å². The Morgan fingerprint density at radius 3 is 2.04 bits per heavy atom. The van der Waals surface area contributed by atoms with Crippen molar-refractivity contribution in [2.75, 3.05) is 33.0 Å². The average molecular weight is 361 g/mol. The maximum Gasteiger partial charge on any atom is 0.138 e. The lowest BCUT2D eigenvalue weighted by Crippen LogP contribution is -2.36. The highest BCUT2D eigenvalue weighted by Gasteiger charge is 2.20. The molecule has 2 aromatic rings. The van der Waals surface area contributed by atoms with E-state index >= 15 is 0 Å². The first kappa shape index (κ1) is 20.5. The summed E-state index contributed by atoms with van der Waals surface area (Å²) >= 11 is 0. The van der Waals surface area contributed by atoms with Crippen LogP contribution in [0.1, 0.15) is 24.1 Å². The molecular formula is C21H28FNO3. The number of nitrogens with one attached hydrogen (secondary N) is 1. The number of halogens is 1. The highest BCUT2D eigenvalue weighted by molar-refractivity contribution is 5.31. The number of benzene rings is 2. The molecule has 0 aliphatic carbocycles. The van der Waals surface area contributed by atoms with Crippen LogP contribution in [0.4, 0.5) is 4.39 Å². The van der Waals surface area contributed by atoms with Gasteiger partial charge in [-0.05, 0) is 18.1 Å². The fourth-order valence-corrected chi connectivity index (χ4v) is 2.68. The summed E-state index contributed by atoms with van der Waals surface area (Å²) in [4.78, 5) is 0. The van der Waals surface area contributed by atoms with Gasteiger partial charge < -0.3 is 19.9 Å². The molecule has 2 atom stereocenters. The number of rotatable bonds is 12. The summed E-state index contributed by atoms with van der Waals surface area (Å²) in [5, 5.41) is 12.0. The number of aliphatic hydroxyl groups excluding tert-OH is 1. The molecule has 0 saturated carbocycles. The van der Waals surface area contributed by atoms with Crippen LogP contribution in [0.5, 0.6) is 0 Å². The maximum atomic E-state index is 14.5. The average Bonchev–Trinajstić information content (AvgIpc) is 2.69. The Morgan fingerprint density at radius 2 is 1.50 bits per heavy atom. The van der Waals surface area contributed by atoms with Crippen LogP contribution in [0.2, 0.25) is 0 Å². The highest BCUT2D eigenvalue weighted by atomic mass is 19.1. The zero-order chi connectivity index (χ0) is 18.6. The predicted molar refractivity (Wildman–Crippen MR) is 101 cm³/mol. The summed E-state index contributed by atoms with van der Waals surface area (Å²) < 4.78 is 25.1. The van der Waals surface area contributed by atoms with Crippen molar-refractivity contribution in [3.05, 3.63) is 71.8 Å². The minimum atomic E-state index is -1.14. The van der Waals surface area contributed by atoms with E-state index in [9.17, 15) is 4.39 Å². The van der Waals surface area contributed by atoms with Crippen molar-refractivity contribution in [3.8, 4) is 0 Å². The molecule has 0 aliphatic rings. The Bertz CT molecular complexity index is 557. The van der Waals surface area contributed by atoms with Crippen LogP contribution in [-0.2, 0) is 9.47 Å². The van der Waals surface area contributed by atoms with E-state index in [-0.39, 0.29) is 25.8 Å². The summed E-state index contributed by atoms with van der Waals surface area (Å²) in [7, 11) is 0. The van der Waals surface area contributed by atoms with E-state index in [2.05, 4.69) is 5.32 Å². The van der Waals surface area contributed by atoms with Gasteiger partial charge in [-0.1, -0.05) is 60.7 Å². The summed E-state index contributed by atoms with van der Waals surface area (Å²) in [6, 6.07) is 20.0. The third-order valence-corrected chi connectivity index (χ3v) is 4.14. The van der Waals surface area contributed by atoms with Gasteiger partial charge in [0.2, 0.25) is 0 Å². The molecule has 4 nitrogen and oxygen atoms in total. The number of hydrogen-bond donors (Lipinski definition) is 2. The van der Waals surface area contributed by atoms with Crippen molar-refractivity contribution >= 4 is 0 Å². The summed E-state index contributed by atoms with van der Waals surface area (Å²) in [6.07, 6.45) is -1.67. The Balaban J connectivity index is 1.88. The molecular weight excluding hydrogens is 333 g/mol. The molecule has 2 aromatic carbocycles. The highest BCUT2D eigenvalue weighted by Crippen LogP contribution is 2.22. The van der Waals surface area contributed by atoms with Gasteiger partial charge in [0.15, 0.2) is 0 Å². The molecule has 0 heterocycles. The molecule has 0 spiro atoms. The monoisotopic (exact) mass is 361 g/mol. The Morgan fingerprint density at radius 1 is 0.923 bits per heavy atom. The van der Waals surface area contributed by atoms with E-state index in [1.807, 2.05) is 60.7 Å². The third kappa shape index (κ3) is 6.84. The second-order valence-corrected chi connectivity index (χ2v) is 6.09. The van der Waals surface area contributed by atoms with Gasteiger partial charge in [-0.2, -0.15) is 0 Å². The zero-order valence-corrected chi connectivity index (χ0v) is 15.2. The van der Waals surface area contributed by atoms with Crippen LogP contribution in [0.3, 0.4) is 0 Å². The van der Waals surface area contributed by atoms with Gasteiger partial charge >= 0.3 is 0 Å². The fraction of sp³-hybridized carbons (Fsp3) is 0.429. The van der Waals surface area contributed by atoms with E-state index in [1.165, 1.54) is 0 Å². The van der Waals surface area contributed by atoms with Gasteiger partial charge in [0, 0.05) is 6.54 Å². The number of hydrogen-bond acceptors (Lipinski definition) is 4. The van der Waals surface area contributed by atoms with Crippen molar-refractivity contribution in [2.24, 2.45) is 0 Å². The Hall–Kier alpha value is -1.79.